The molecule has 0 spiro atoms. The van der Waals surface area contributed by atoms with Gasteiger partial charge in [-0.15, -0.1) is 0 Å². The van der Waals surface area contributed by atoms with Crippen molar-refractivity contribution in [3.05, 3.63) is 42.1 Å². The van der Waals surface area contributed by atoms with Gasteiger partial charge in [-0.25, -0.2) is 0 Å². The van der Waals surface area contributed by atoms with Crippen LogP contribution in [0.3, 0.4) is 0 Å². The summed E-state index contributed by atoms with van der Waals surface area (Å²) in [5, 5.41) is 1.24. The third-order valence-electron chi connectivity index (χ3n) is 3.15. The van der Waals surface area contributed by atoms with Crippen LogP contribution in [0.5, 0.6) is 0 Å². The molecule has 2 aromatic rings. The van der Waals surface area contributed by atoms with Gasteiger partial charge < -0.3 is 10.6 Å². The van der Waals surface area contributed by atoms with Gasteiger partial charge in [-0.2, -0.15) is 0 Å². The first-order valence-electron chi connectivity index (χ1n) is 6.43. The molecule has 0 aliphatic heterocycles. The molecule has 0 aliphatic rings. The Morgan fingerprint density at radius 3 is 2.83 bits per heavy atom. The summed E-state index contributed by atoms with van der Waals surface area (Å²) in [7, 11) is 2.14. The summed E-state index contributed by atoms with van der Waals surface area (Å²) >= 11 is 0. The third-order valence-corrected chi connectivity index (χ3v) is 3.15. The quantitative estimate of drug-likeness (QED) is 0.877. The number of aromatic nitrogens is 1. The fraction of sp³-hybridized carbons (Fsp3) is 0.400. The zero-order valence-electron chi connectivity index (χ0n) is 11.1. The fourth-order valence-electron chi connectivity index (χ4n) is 2.09. The van der Waals surface area contributed by atoms with Gasteiger partial charge in [0.2, 0.25) is 0 Å². The van der Waals surface area contributed by atoms with Crippen LogP contribution in [0.2, 0.25) is 0 Å². The van der Waals surface area contributed by atoms with Crippen LogP contribution in [0.4, 0.5) is 0 Å². The molecule has 1 aromatic carbocycles. The van der Waals surface area contributed by atoms with Crippen molar-refractivity contribution in [3.63, 3.8) is 0 Å². The van der Waals surface area contributed by atoms with E-state index in [4.69, 9.17) is 5.73 Å². The molecule has 0 radical (unpaired) electrons. The number of hydrogen-bond donors (Lipinski definition) is 1. The van der Waals surface area contributed by atoms with Crippen molar-refractivity contribution in [3.8, 4) is 0 Å². The Labute approximate surface area is 109 Å². The van der Waals surface area contributed by atoms with E-state index in [0.717, 1.165) is 25.0 Å². The Kier molecular flexibility index (Phi) is 4.28. The van der Waals surface area contributed by atoms with Crippen molar-refractivity contribution >= 4 is 10.9 Å². The normalized spacial score (nSPS) is 13.1. The van der Waals surface area contributed by atoms with Gasteiger partial charge in [-0.05, 0) is 44.6 Å². The zero-order chi connectivity index (χ0) is 13.0. The Bertz CT molecular complexity index is 503. The number of para-hydroxylation sites is 1. The lowest BCUT2D eigenvalue weighted by atomic mass is 10.1. The Morgan fingerprint density at radius 2 is 2.06 bits per heavy atom. The van der Waals surface area contributed by atoms with E-state index in [1.807, 2.05) is 12.3 Å². The van der Waals surface area contributed by atoms with Gasteiger partial charge in [0.1, 0.15) is 0 Å². The first-order valence-corrected chi connectivity index (χ1v) is 6.43. The van der Waals surface area contributed by atoms with Gasteiger partial charge in [0.05, 0.1) is 5.52 Å². The summed E-state index contributed by atoms with van der Waals surface area (Å²) in [5.41, 5.74) is 8.18. The molecular weight excluding hydrogens is 222 g/mol. The van der Waals surface area contributed by atoms with Gasteiger partial charge in [0.15, 0.2) is 0 Å². The number of fused-ring (bicyclic) bond motifs is 1. The molecule has 0 saturated heterocycles. The summed E-state index contributed by atoms with van der Waals surface area (Å²) in [6.45, 7) is 4.01. The topological polar surface area (TPSA) is 42.1 Å². The van der Waals surface area contributed by atoms with Gasteiger partial charge in [0, 0.05) is 24.2 Å². The third kappa shape index (κ3) is 3.28. The largest absolute Gasteiger partial charge is 0.328 e. The molecule has 96 valence electrons. The molecule has 2 rings (SSSR count). The fourth-order valence-corrected chi connectivity index (χ4v) is 2.09. The number of pyridine rings is 1. The second-order valence-electron chi connectivity index (χ2n) is 4.99. The number of rotatable bonds is 5. The van der Waals surface area contributed by atoms with Crippen molar-refractivity contribution < 1.29 is 0 Å². The van der Waals surface area contributed by atoms with Crippen molar-refractivity contribution in [2.75, 3.05) is 13.6 Å². The zero-order valence-corrected chi connectivity index (χ0v) is 11.1. The van der Waals surface area contributed by atoms with E-state index < -0.39 is 0 Å². The van der Waals surface area contributed by atoms with Crippen molar-refractivity contribution in [1.29, 1.82) is 0 Å². The second kappa shape index (κ2) is 5.94. The minimum Gasteiger partial charge on any atom is -0.328 e. The Morgan fingerprint density at radius 1 is 1.28 bits per heavy atom. The van der Waals surface area contributed by atoms with E-state index in [0.29, 0.717) is 0 Å². The molecule has 1 atom stereocenters. The molecule has 1 unspecified atom stereocenters. The molecule has 18 heavy (non-hydrogen) atoms. The van der Waals surface area contributed by atoms with E-state index in [9.17, 15) is 0 Å². The minimum atomic E-state index is 0.265. The predicted octanol–water partition coefficient (Wildman–Crippen LogP) is 2.40. The van der Waals surface area contributed by atoms with Gasteiger partial charge in [-0.3, -0.25) is 4.98 Å². The molecule has 1 heterocycles. The monoisotopic (exact) mass is 243 g/mol. The number of nitrogens with two attached hydrogens (primary N) is 1. The van der Waals surface area contributed by atoms with Crippen molar-refractivity contribution in [2.45, 2.75) is 25.9 Å². The highest BCUT2D eigenvalue weighted by atomic mass is 15.1. The summed E-state index contributed by atoms with van der Waals surface area (Å²) in [6, 6.07) is 10.7. The second-order valence-corrected chi connectivity index (χ2v) is 4.99. The van der Waals surface area contributed by atoms with Crippen LogP contribution in [0.25, 0.3) is 10.9 Å². The summed E-state index contributed by atoms with van der Waals surface area (Å²) in [5.74, 6) is 0. The van der Waals surface area contributed by atoms with Crippen molar-refractivity contribution in [2.24, 2.45) is 5.73 Å². The van der Waals surface area contributed by atoms with Gasteiger partial charge in [-0.1, -0.05) is 18.2 Å². The van der Waals surface area contributed by atoms with E-state index in [2.05, 4.69) is 48.1 Å². The van der Waals surface area contributed by atoms with Gasteiger partial charge in [0.25, 0.3) is 0 Å². The summed E-state index contributed by atoms with van der Waals surface area (Å²) in [6.07, 6.45) is 2.91. The molecule has 0 bridgehead atoms. The van der Waals surface area contributed by atoms with E-state index in [1.165, 1.54) is 10.9 Å². The summed E-state index contributed by atoms with van der Waals surface area (Å²) in [4.78, 5) is 6.70. The van der Waals surface area contributed by atoms with E-state index >= 15 is 0 Å². The molecule has 0 aliphatic carbocycles. The van der Waals surface area contributed by atoms with E-state index in [-0.39, 0.29) is 6.04 Å². The minimum absolute atomic E-state index is 0.265. The van der Waals surface area contributed by atoms with Crippen LogP contribution in [-0.4, -0.2) is 29.5 Å². The molecule has 0 saturated carbocycles. The number of nitrogens with zero attached hydrogens (tertiary/aromatic N) is 2. The standard InChI is InChI=1S/C15H21N3/c1-12(16)8-10-18(2)11-13-7-9-17-15-6-4-3-5-14(13)15/h3-7,9,12H,8,10-11,16H2,1-2H3. The predicted molar refractivity (Wildman–Crippen MR) is 76.3 cm³/mol. The first-order chi connectivity index (χ1) is 8.66. The van der Waals surface area contributed by atoms with Crippen LogP contribution in [-0.2, 0) is 6.54 Å². The number of benzene rings is 1. The summed E-state index contributed by atoms with van der Waals surface area (Å²) < 4.78 is 0. The average Bonchev–Trinajstić information content (AvgIpc) is 2.37. The highest BCUT2D eigenvalue weighted by Crippen LogP contribution is 2.17. The average molecular weight is 243 g/mol. The SMILES string of the molecule is CC(N)CCN(C)Cc1ccnc2ccccc12. The Balaban J connectivity index is 2.11. The molecule has 0 fully saturated rings. The van der Waals surface area contributed by atoms with Crippen LogP contribution < -0.4 is 5.73 Å². The molecule has 2 N–H and O–H groups in total. The maximum absolute atomic E-state index is 5.79. The molecule has 1 aromatic heterocycles. The highest BCUT2D eigenvalue weighted by Gasteiger charge is 2.05. The van der Waals surface area contributed by atoms with Crippen LogP contribution in [0, 0.1) is 0 Å². The maximum Gasteiger partial charge on any atom is 0.0705 e. The van der Waals surface area contributed by atoms with Crippen LogP contribution in [0.15, 0.2) is 36.5 Å². The van der Waals surface area contributed by atoms with Crippen molar-refractivity contribution in [1.82, 2.24) is 9.88 Å². The molecule has 3 heteroatoms. The highest BCUT2D eigenvalue weighted by molar-refractivity contribution is 5.81. The Hall–Kier alpha value is -1.45. The van der Waals surface area contributed by atoms with Crippen LogP contribution >= 0.6 is 0 Å². The lowest BCUT2D eigenvalue weighted by Crippen LogP contribution is -2.25. The lowest BCUT2D eigenvalue weighted by Gasteiger charge is -2.18. The number of hydrogen-bond acceptors (Lipinski definition) is 3. The maximum atomic E-state index is 5.79. The van der Waals surface area contributed by atoms with E-state index in [1.54, 1.807) is 0 Å². The molecular formula is C15H21N3. The van der Waals surface area contributed by atoms with Gasteiger partial charge >= 0.3 is 0 Å². The molecule has 3 nitrogen and oxygen atoms in total. The lowest BCUT2D eigenvalue weighted by molar-refractivity contribution is 0.314. The first kappa shape index (κ1) is 13.0. The smallest absolute Gasteiger partial charge is 0.0705 e. The molecule has 0 amide bonds. The van der Waals surface area contributed by atoms with Crippen LogP contribution in [0.1, 0.15) is 18.9 Å².